The first-order valence-corrected chi connectivity index (χ1v) is 10.7. The van der Waals surface area contributed by atoms with Crippen molar-refractivity contribution in [2.45, 2.75) is 32.7 Å². The fraction of sp³-hybridized carbons (Fsp3) is 0.208. The molecule has 3 rings (SSSR count). The fourth-order valence-corrected chi connectivity index (χ4v) is 4.08. The summed E-state index contributed by atoms with van der Waals surface area (Å²) in [6.07, 6.45) is 0. The van der Waals surface area contributed by atoms with Gasteiger partial charge >= 0.3 is 0 Å². The van der Waals surface area contributed by atoms with Crippen molar-refractivity contribution >= 4 is 35.0 Å². The van der Waals surface area contributed by atoms with Crippen LogP contribution in [0, 0.1) is 27.7 Å². The summed E-state index contributed by atoms with van der Waals surface area (Å²) < 4.78 is 0. The number of pyridine rings is 1. The molecule has 0 saturated heterocycles. The monoisotopic (exact) mass is 419 g/mol. The number of para-hydroxylation sites is 1. The Morgan fingerprint density at radius 3 is 2.40 bits per heavy atom. The van der Waals surface area contributed by atoms with E-state index < -0.39 is 0 Å². The number of aromatic nitrogens is 1. The van der Waals surface area contributed by atoms with E-state index in [1.165, 1.54) is 11.8 Å². The van der Waals surface area contributed by atoms with Crippen molar-refractivity contribution in [3.8, 4) is 0 Å². The summed E-state index contributed by atoms with van der Waals surface area (Å²) in [4.78, 5) is 30.0. The van der Waals surface area contributed by atoms with Crippen LogP contribution >= 0.6 is 11.8 Å². The molecule has 2 aromatic carbocycles. The zero-order valence-corrected chi connectivity index (χ0v) is 18.4. The second-order valence-electron chi connectivity index (χ2n) is 7.24. The third-order valence-electron chi connectivity index (χ3n) is 4.57. The molecule has 0 atom stereocenters. The molecule has 0 aliphatic rings. The lowest BCUT2D eigenvalue weighted by Crippen LogP contribution is -2.18. The highest BCUT2D eigenvalue weighted by Gasteiger charge is 2.19. The quantitative estimate of drug-likeness (QED) is 0.532. The maximum Gasteiger partial charge on any atom is 0.258 e. The first kappa shape index (κ1) is 21.6. The standard InChI is InChI=1S/C24H25N3O2S/c1-15-8-7-10-19(12-15)26-21(28)14-30-24-22(17(3)13-18(4)25-24)23(29)27-20-11-6-5-9-16(20)2/h5-13H,14H2,1-4H3,(H,26,28)(H,27,29). The fourth-order valence-electron chi connectivity index (χ4n) is 3.13. The molecule has 0 aliphatic carbocycles. The van der Waals surface area contributed by atoms with Gasteiger partial charge in [0.15, 0.2) is 0 Å². The van der Waals surface area contributed by atoms with Crippen molar-refractivity contribution in [1.82, 2.24) is 4.98 Å². The Balaban J connectivity index is 1.76. The lowest BCUT2D eigenvalue weighted by atomic mass is 10.1. The average Bonchev–Trinajstić information content (AvgIpc) is 2.67. The number of carbonyl (C=O) groups is 2. The lowest BCUT2D eigenvalue weighted by Gasteiger charge is -2.14. The van der Waals surface area contributed by atoms with E-state index in [1.54, 1.807) is 0 Å². The number of amides is 2. The summed E-state index contributed by atoms with van der Waals surface area (Å²) in [7, 11) is 0. The number of benzene rings is 2. The van der Waals surface area contributed by atoms with Gasteiger partial charge < -0.3 is 10.6 Å². The molecule has 5 nitrogen and oxygen atoms in total. The number of carbonyl (C=O) groups excluding carboxylic acids is 2. The number of thioether (sulfide) groups is 1. The number of anilines is 2. The second-order valence-corrected chi connectivity index (χ2v) is 8.20. The highest BCUT2D eigenvalue weighted by Crippen LogP contribution is 2.26. The predicted octanol–water partition coefficient (Wildman–Crippen LogP) is 5.30. The van der Waals surface area contributed by atoms with Crippen LogP contribution in [0.5, 0.6) is 0 Å². The van der Waals surface area contributed by atoms with Gasteiger partial charge in [-0.05, 0) is 68.7 Å². The van der Waals surface area contributed by atoms with Crippen molar-refractivity contribution in [3.05, 3.63) is 82.5 Å². The molecule has 0 bridgehead atoms. The zero-order valence-electron chi connectivity index (χ0n) is 17.6. The van der Waals surface area contributed by atoms with E-state index in [0.29, 0.717) is 10.6 Å². The van der Waals surface area contributed by atoms with Gasteiger partial charge in [-0.3, -0.25) is 9.59 Å². The van der Waals surface area contributed by atoms with E-state index in [2.05, 4.69) is 15.6 Å². The van der Waals surface area contributed by atoms with Crippen molar-refractivity contribution < 1.29 is 9.59 Å². The average molecular weight is 420 g/mol. The molecule has 2 amide bonds. The molecule has 0 fully saturated rings. The van der Waals surface area contributed by atoms with Crippen LogP contribution in [-0.2, 0) is 4.79 Å². The molecule has 6 heteroatoms. The third-order valence-corrected chi connectivity index (χ3v) is 5.55. The number of aryl methyl sites for hydroxylation is 4. The van der Waals surface area contributed by atoms with Gasteiger partial charge in [0.2, 0.25) is 5.91 Å². The molecular formula is C24H25N3O2S. The van der Waals surface area contributed by atoms with Crippen molar-refractivity contribution in [2.75, 3.05) is 16.4 Å². The van der Waals surface area contributed by atoms with E-state index in [-0.39, 0.29) is 17.6 Å². The molecule has 1 aromatic heterocycles. The molecule has 2 N–H and O–H groups in total. The molecule has 154 valence electrons. The molecule has 1 heterocycles. The molecule has 3 aromatic rings. The largest absolute Gasteiger partial charge is 0.325 e. The molecule has 0 radical (unpaired) electrons. The summed E-state index contributed by atoms with van der Waals surface area (Å²) in [6.45, 7) is 7.69. The van der Waals surface area contributed by atoms with Gasteiger partial charge in [0.05, 0.1) is 11.3 Å². The van der Waals surface area contributed by atoms with Crippen molar-refractivity contribution in [3.63, 3.8) is 0 Å². The summed E-state index contributed by atoms with van der Waals surface area (Å²) in [5.41, 5.74) is 5.71. The zero-order chi connectivity index (χ0) is 21.7. The number of nitrogens with zero attached hydrogens (tertiary/aromatic N) is 1. The second kappa shape index (κ2) is 9.59. The Morgan fingerprint density at radius 2 is 1.67 bits per heavy atom. The summed E-state index contributed by atoms with van der Waals surface area (Å²) in [6, 6.07) is 17.1. The Labute approximate surface area is 181 Å². The van der Waals surface area contributed by atoms with E-state index in [1.807, 2.05) is 82.3 Å². The Bertz CT molecular complexity index is 1100. The van der Waals surface area contributed by atoms with Gasteiger partial charge in [-0.2, -0.15) is 0 Å². The van der Waals surface area contributed by atoms with Gasteiger partial charge in [0.25, 0.3) is 5.91 Å². The van der Waals surface area contributed by atoms with E-state index in [9.17, 15) is 9.59 Å². The molecule has 0 unspecified atom stereocenters. The first-order chi connectivity index (χ1) is 14.3. The lowest BCUT2D eigenvalue weighted by molar-refractivity contribution is -0.113. The predicted molar refractivity (Wildman–Crippen MR) is 123 cm³/mol. The smallest absolute Gasteiger partial charge is 0.258 e. The number of hydrogen-bond donors (Lipinski definition) is 2. The van der Waals surface area contributed by atoms with Crippen LogP contribution in [0.25, 0.3) is 0 Å². The number of nitrogens with one attached hydrogen (secondary N) is 2. The SMILES string of the molecule is Cc1cccc(NC(=O)CSc2nc(C)cc(C)c2C(=O)Nc2ccccc2C)c1. The maximum absolute atomic E-state index is 13.0. The van der Waals surface area contributed by atoms with Gasteiger partial charge in [0.1, 0.15) is 5.03 Å². The third kappa shape index (κ3) is 5.48. The first-order valence-electron chi connectivity index (χ1n) is 9.68. The highest BCUT2D eigenvalue weighted by molar-refractivity contribution is 8.00. The van der Waals surface area contributed by atoms with Crippen LogP contribution in [0.15, 0.2) is 59.6 Å². The van der Waals surface area contributed by atoms with E-state index >= 15 is 0 Å². The molecule has 0 spiro atoms. The normalized spacial score (nSPS) is 10.5. The minimum absolute atomic E-state index is 0.142. The minimum Gasteiger partial charge on any atom is -0.325 e. The summed E-state index contributed by atoms with van der Waals surface area (Å²) in [5.74, 6) is -0.207. The van der Waals surface area contributed by atoms with Gasteiger partial charge in [-0.25, -0.2) is 4.98 Å². The van der Waals surface area contributed by atoms with Crippen LogP contribution < -0.4 is 10.6 Å². The summed E-state index contributed by atoms with van der Waals surface area (Å²) >= 11 is 1.27. The molecule has 30 heavy (non-hydrogen) atoms. The topological polar surface area (TPSA) is 71.1 Å². The Hall–Kier alpha value is -3.12. The van der Waals surface area contributed by atoms with Gasteiger partial charge in [-0.1, -0.05) is 42.1 Å². The van der Waals surface area contributed by atoms with Crippen molar-refractivity contribution in [1.29, 1.82) is 0 Å². The Kier molecular flexibility index (Phi) is 6.90. The van der Waals surface area contributed by atoms with E-state index in [4.69, 9.17) is 0 Å². The van der Waals surface area contributed by atoms with Crippen LogP contribution in [0.2, 0.25) is 0 Å². The number of hydrogen-bond acceptors (Lipinski definition) is 4. The molecular weight excluding hydrogens is 394 g/mol. The maximum atomic E-state index is 13.0. The van der Waals surface area contributed by atoms with Crippen LogP contribution in [0.4, 0.5) is 11.4 Å². The van der Waals surface area contributed by atoms with Crippen LogP contribution in [0.1, 0.15) is 32.7 Å². The van der Waals surface area contributed by atoms with Gasteiger partial charge in [0, 0.05) is 17.1 Å². The minimum atomic E-state index is -0.226. The molecule has 0 aliphatic heterocycles. The molecule has 0 saturated carbocycles. The van der Waals surface area contributed by atoms with Crippen molar-refractivity contribution in [2.24, 2.45) is 0 Å². The Morgan fingerprint density at radius 1 is 0.900 bits per heavy atom. The highest BCUT2D eigenvalue weighted by atomic mass is 32.2. The summed E-state index contributed by atoms with van der Waals surface area (Å²) in [5, 5.41) is 6.41. The van der Waals surface area contributed by atoms with Crippen LogP contribution in [-0.4, -0.2) is 22.6 Å². The van der Waals surface area contributed by atoms with Crippen LogP contribution in [0.3, 0.4) is 0 Å². The van der Waals surface area contributed by atoms with E-state index in [0.717, 1.165) is 33.8 Å². The number of rotatable bonds is 6. The van der Waals surface area contributed by atoms with Gasteiger partial charge in [-0.15, -0.1) is 0 Å².